The summed E-state index contributed by atoms with van der Waals surface area (Å²) in [6.07, 6.45) is 2.28. The maximum Gasteiger partial charge on any atom is 0.207 e. The van der Waals surface area contributed by atoms with E-state index in [0.717, 1.165) is 11.8 Å². The van der Waals surface area contributed by atoms with E-state index < -0.39 is 0 Å². The minimum absolute atomic E-state index is 0.467. The fourth-order valence-corrected chi connectivity index (χ4v) is 1.44. The Morgan fingerprint density at radius 1 is 1.70 bits per heavy atom. The molecule has 0 unspecified atom stereocenters. The number of hydrogen-bond acceptors (Lipinski definition) is 4. The van der Waals surface area contributed by atoms with Gasteiger partial charge in [-0.1, -0.05) is 11.3 Å². The first-order valence-corrected chi connectivity index (χ1v) is 3.51. The van der Waals surface area contributed by atoms with Gasteiger partial charge in [0.25, 0.3) is 0 Å². The number of thiazole rings is 1. The minimum Gasteiger partial charge on any atom is -0.452 e. The zero-order chi connectivity index (χ0) is 6.97. The van der Waals surface area contributed by atoms with E-state index in [4.69, 9.17) is 4.42 Å². The lowest BCUT2D eigenvalue weighted by atomic mass is 10.6. The minimum atomic E-state index is 0.467. The molecule has 4 heteroatoms. The van der Waals surface area contributed by atoms with Crippen molar-refractivity contribution in [3.05, 3.63) is 17.3 Å². The molecule has 2 heterocycles. The molecule has 10 heavy (non-hydrogen) atoms. The third kappa shape index (κ3) is 0.657. The van der Waals surface area contributed by atoms with Gasteiger partial charge in [-0.2, -0.15) is 0 Å². The van der Waals surface area contributed by atoms with Crippen LogP contribution in [-0.2, 0) is 0 Å². The molecular formula is C6H3NO2S. The molecule has 0 saturated carbocycles. The summed E-state index contributed by atoms with van der Waals surface area (Å²) in [5.41, 5.74) is 0.757. The normalized spacial score (nSPS) is 10.4. The number of rotatable bonds is 1. The Hall–Kier alpha value is -1.16. The number of carbonyl (C=O) groups is 1. The summed E-state index contributed by atoms with van der Waals surface area (Å²) >= 11 is 1.26. The van der Waals surface area contributed by atoms with Crippen molar-refractivity contribution in [3.8, 4) is 0 Å². The maximum atomic E-state index is 10.2. The Morgan fingerprint density at radius 2 is 2.60 bits per heavy atom. The Kier molecular flexibility index (Phi) is 1.07. The van der Waals surface area contributed by atoms with Gasteiger partial charge in [0.05, 0.1) is 6.26 Å². The van der Waals surface area contributed by atoms with Gasteiger partial charge in [0.2, 0.25) is 4.90 Å². The van der Waals surface area contributed by atoms with Gasteiger partial charge in [-0.05, 0) is 0 Å². The first-order valence-electron chi connectivity index (χ1n) is 2.69. The summed E-state index contributed by atoms with van der Waals surface area (Å²) < 4.78 is 5.00. The zero-order valence-electron chi connectivity index (χ0n) is 4.90. The van der Waals surface area contributed by atoms with Crippen molar-refractivity contribution in [1.29, 1.82) is 0 Å². The second-order valence-corrected chi connectivity index (χ2v) is 2.76. The predicted molar refractivity (Wildman–Crippen MR) is 37.3 cm³/mol. The largest absolute Gasteiger partial charge is 0.452 e. The van der Waals surface area contributed by atoms with Gasteiger partial charge in [-0.15, -0.1) is 0 Å². The van der Waals surface area contributed by atoms with Gasteiger partial charge in [-0.3, -0.25) is 4.79 Å². The van der Waals surface area contributed by atoms with Crippen LogP contribution >= 0.6 is 11.3 Å². The third-order valence-electron chi connectivity index (χ3n) is 1.14. The molecule has 0 aliphatic heterocycles. The molecule has 0 saturated heterocycles. The molecule has 2 aromatic heterocycles. The number of furan rings is 1. The van der Waals surface area contributed by atoms with E-state index in [1.807, 2.05) is 0 Å². The second kappa shape index (κ2) is 1.91. The highest BCUT2D eigenvalue weighted by atomic mass is 32.1. The van der Waals surface area contributed by atoms with Crippen LogP contribution in [0.3, 0.4) is 0 Å². The van der Waals surface area contributed by atoms with Crippen LogP contribution in [-0.4, -0.2) is 11.3 Å². The lowest BCUT2D eigenvalue weighted by Gasteiger charge is -1.68. The van der Waals surface area contributed by atoms with E-state index in [9.17, 15) is 4.79 Å². The number of fused-ring (bicyclic) bond motifs is 1. The Balaban J connectivity index is 2.78. The summed E-state index contributed by atoms with van der Waals surface area (Å²) in [5.74, 6) is 0. The van der Waals surface area contributed by atoms with Crippen molar-refractivity contribution in [2.75, 3.05) is 0 Å². The van der Waals surface area contributed by atoms with E-state index in [2.05, 4.69) is 4.98 Å². The fraction of sp³-hybridized carbons (Fsp3) is 0. The van der Waals surface area contributed by atoms with E-state index in [1.165, 1.54) is 11.3 Å². The average Bonchev–Trinajstić information content (AvgIpc) is 2.42. The summed E-state index contributed by atoms with van der Waals surface area (Å²) in [4.78, 5) is 14.8. The predicted octanol–water partition coefficient (Wildman–Crippen LogP) is 1.70. The molecule has 2 aromatic rings. The van der Waals surface area contributed by atoms with Crippen LogP contribution < -0.4 is 0 Å². The van der Waals surface area contributed by atoms with Crippen molar-refractivity contribution < 1.29 is 9.21 Å². The first kappa shape index (κ1) is 5.61. The number of aldehydes is 1. The number of aromatic nitrogens is 1. The molecule has 0 radical (unpaired) electrons. The summed E-state index contributed by atoms with van der Waals surface area (Å²) in [7, 11) is 0. The van der Waals surface area contributed by atoms with E-state index >= 15 is 0 Å². The number of carbonyl (C=O) groups excluding carboxylic acids is 1. The quantitative estimate of drug-likeness (QED) is 0.585. The summed E-state index contributed by atoms with van der Waals surface area (Å²) in [5, 5.41) is 0.467. The van der Waals surface area contributed by atoms with Crippen LogP contribution in [0.4, 0.5) is 0 Å². The summed E-state index contributed by atoms with van der Waals surface area (Å²) in [6, 6.07) is 1.73. The van der Waals surface area contributed by atoms with Crippen molar-refractivity contribution in [2.45, 2.75) is 0 Å². The zero-order valence-corrected chi connectivity index (χ0v) is 5.72. The van der Waals surface area contributed by atoms with E-state index in [1.54, 1.807) is 12.3 Å². The molecule has 50 valence electrons. The molecule has 2 rings (SSSR count). The molecule has 0 aliphatic rings. The highest BCUT2D eigenvalue weighted by Gasteiger charge is 2.03. The van der Waals surface area contributed by atoms with Gasteiger partial charge in [0.1, 0.15) is 5.52 Å². The molecule has 0 bridgehead atoms. The average molecular weight is 153 g/mol. The molecule has 0 aliphatic carbocycles. The lowest BCUT2D eigenvalue weighted by Crippen LogP contribution is -1.71. The fourth-order valence-electron chi connectivity index (χ4n) is 0.735. The monoisotopic (exact) mass is 153 g/mol. The second-order valence-electron chi connectivity index (χ2n) is 1.76. The Morgan fingerprint density at radius 3 is 3.30 bits per heavy atom. The number of hydrogen-bond donors (Lipinski definition) is 0. The highest BCUT2D eigenvalue weighted by molar-refractivity contribution is 7.19. The van der Waals surface area contributed by atoms with Gasteiger partial charge in [0, 0.05) is 6.07 Å². The van der Waals surface area contributed by atoms with Gasteiger partial charge in [-0.25, -0.2) is 4.98 Å². The van der Waals surface area contributed by atoms with E-state index in [0.29, 0.717) is 9.90 Å². The van der Waals surface area contributed by atoms with Crippen molar-refractivity contribution in [2.24, 2.45) is 0 Å². The van der Waals surface area contributed by atoms with Crippen LogP contribution in [0, 0.1) is 0 Å². The van der Waals surface area contributed by atoms with Crippen LogP contribution in [0.2, 0.25) is 0 Å². The van der Waals surface area contributed by atoms with Crippen LogP contribution in [0.15, 0.2) is 16.7 Å². The number of nitrogens with zero attached hydrogens (tertiary/aromatic N) is 1. The molecule has 0 spiro atoms. The van der Waals surface area contributed by atoms with Gasteiger partial charge >= 0.3 is 0 Å². The molecule has 3 nitrogen and oxygen atoms in total. The lowest BCUT2D eigenvalue weighted by molar-refractivity contribution is 0.112. The summed E-state index contributed by atoms with van der Waals surface area (Å²) in [6.45, 7) is 0. The molecule has 0 fully saturated rings. The van der Waals surface area contributed by atoms with Gasteiger partial charge in [0.15, 0.2) is 11.3 Å². The van der Waals surface area contributed by atoms with Crippen LogP contribution in [0.5, 0.6) is 0 Å². The Labute approximate surface area is 60.3 Å². The van der Waals surface area contributed by atoms with E-state index in [-0.39, 0.29) is 0 Å². The van der Waals surface area contributed by atoms with Crippen molar-refractivity contribution >= 4 is 28.0 Å². The van der Waals surface area contributed by atoms with Crippen LogP contribution in [0.1, 0.15) is 9.80 Å². The highest BCUT2D eigenvalue weighted by Crippen LogP contribution is 2.20. The molecule has 0 amide bonds. The smallest absolute Gasteiger partial charge is 0.207 e. The topological polar surface area (TPSA) is 43.1 Å². The SMILES string of the molecule is O=Cc1nc2ccoc2s1. The standard InChI is InChI=1S/C6H3NO2S/c8-3-5-7-4-1-2-9-6(4)10-5/h1-3H. The first-order chi connectivity index (χ1) is 4.90. The molecule has 0 N–H and O–H groups in total. The third-order valence-corrected chi connectivity index (χ3v) is 2.03. The Bertz CT molecular complexity index is 334. The molecule has 0 aromatic carbocycles. The van der Waals surface area contributed by atoms with Crippen LogP contribution in [0.25, 0.3) is 10.4 Å². The molecular weight excluding hydrogens is 150 g/mol. The maximum absolute atomic E-state index is 10.2. The molecule has 0 atom stereocenters. The van der Waals surface area contributed by atoms with Crippen molar-refractivity contribution in [3.63, 3.8) is 0 Å². The van der Waals surface area contributed by atoms with Gasteiger partial charge < -0.3 is 4.42 Å². The van der Waals surface area contributed by atoms with Crippen molar-refractivity contribution in [1.82, 2.24) is 4.98 Å².